The minimum atomic E-state index is -3.56. The lowest BCUT2D eigenvalue weighted by molar-refractivity contribution is 0.248. The van der Waals surface area contributed by atoms with Crippen LogP contribution in [0.3, 0.4) is 0 Å². The van der Waals surface area contributed by atoms with Crippen LogP contribution in [-0.4, -0.2) is 50.3 Å². The normalized spacial score (nSPS) is 19.8. The average molecular weight is 366 g/mol. The van der Waals surface area contributed by atoms with E-state index in [2.05, 4.69) is 5.32 Å². The van der Waals surface area contributed by atoms with Crippen LogP contribution in [0.2, 0.25) is 0 Å². The molecule has 0 spiro atoms. The molecule has 1 aromatic rings. The van der Waals surface area contributed by atoms with Crippen molar-refractivity contribution in [2.24, 2.45) is 5.92 Å². The van der Waals surface area contributed by atoms with Gasteiger partial charge >= 0.3 is 0 Å². The van der Waals surface area contributed by atoms with Crippen LogP contribution in [0.25, 0.3) is 0 Å². The fraction of sp³-hybridized carbons (Fsp3) is 0.600. The smallest absolute Gasteiger partial charge is 0.282 e. The van der Waals surface area contributed by atoms with Gasteiger partial charge in [-0.05, 0) is 23.6 Å². The third-order valence-electron chi connectivity index (χ3n) is 3.74. The second-order valence-corrected chi connectivity index (χ2v) is 8.06. The molecule has 8 heteroatoms. The Kier molecular flexibility index (Phi) is 7.41. The fourth-order valence-electron chi connectivity index (χ4n) is 2.75. The van der Waals surface area contributed by atoms with Gasteiger partial charge in [-0.2, -0.15) is 17.0 Å². The Labute approximate surface area is 144 Å². The second-order valence-electron chi connectivity index (χ2n) is 6.07. The number of rotatable bonds is 5. The summed E-state index contributed by atoms with van der Waals surface area (Å²) in [6.07, 6.45) is 0. The Morgan fingerprint density at radius 2 is 2.13 bits per heavy atom. The lowest BCUT2D eigenvalue weighted by Crippen LogP contribution is -2.53. The molecule has 0 saturated carbocycles. The molecule has 23 heavy (non-hydrogen) atoms. The van der Waals surface area contributed by atoms with Gasteiger partial charge in [-0.25, -0.2) is 4.39 Å². The predicted octanol–water partition coefficient (Wildman–Crippen LogP) is 2.03. The van der Waals surface area contributed by atoms with Crippen molar-refractivity contribution in [3.05, 3.63) is 35.6 Å². The van der Waals surface area contributed by atoms with Crippen LogP contribution in [0.1, 0.15) is 25.5 Å². The zero-order valence-corrected chi connectivity index (χ0v) is 15.3. The van der Waals surface area contributed by atoms with Crippen molar-refractivity contribution in [2.45, 2.75) is 19.9 Å². The van der Waals surface area contributed by atoms with Crippen LogP contribution in [0.15, 0.2) is 24.3 Å². The Hall–Kier alpha value is -0.730. The summed E-state index contributed by atoms with van der Waals surface area (Å²) in [6, 6.07) is 5.77. The van der Waals surface area contributed by atoms with Gasteiger partial charge in [0.25, 0.3) is 10.2 Å². The summed E-state index contributed by atoms with van der Waals surface area (Å²) in [7, 11) is -1.97. The fourth-order valence-corrected chi connectivity index (χ4v) is 4.43. The Morgan fingerprint density at radius 1 is 1.43 bits per heavy atom. The van der Waals surface area contributed by atoms with Crippen LogP contribution in [0.4, 0.5) is 4.39 Å². The standard InChI is InChI=1S/C15H24FN3O2S.ClH/c1-12(2)11-18(3)22(20,21)19-8-7-17-10-15(19)13-5-4-6-14(16)9-13;/h4-6,9,12,15,17H,7-8,10-11H2,1-3H3;1H. The summed E-state index contributed by atoms with van der Waals surface area (Å²) in [5.41, 5.74) is 0.675. The van der Waals surface area contributed by atoms with Crippen LogP contribution < -0.4 is 5.32 Å². The second kappa shape index (κ2) is 8.39. The Bertz CT molecular complexity index is 612. The monoisotopic (exact) mass is 365 g/mol. The van der Waals surface area contributed by atoms with Gasteiger partial charge in [0, 0.05) is 33.2 Å². The van der Waals surface area contributed by atoms with E-state index in [1.54, 1.807) is 19.2 Å². The van der Waals surface area contributed by atoms with Gasteiger partial charge < -0.3 is 5.32 Å². The number of halogens is 2. The molecule has 0 aliphatic carbocycles. The topological polar surface area (TPSA) is 52.7 Å². The molecule has 1 unspecified atom stereocenters. The molecule has 0 aromatic heterocycles. The molecule has 1 heterocycles. The number of hydrogen-bond donors (Lipinski definition) is 1. The molecular weight excluding hydrogens is 341 g/mol. The molecule has 1 N–H and O–H groups in total. The van der Waals surface area contributed by atoms with Gasteiger partial charge in [0.15, 0.2) is 0 Å². The van der Waals surface area contributed by atoms with Crippen LogP contribution >= 0.6 is 12.4 Å². The van der Waals surface area contributed by atoms with Crippen molar-refractivity contribution in [2.75, 3.05) is 33.2 Å². The van der Waals surface area contributed by atoms with Crippen LogP contribution in [0.5, 0.6) is 0 Å². The van der Waals surface area contributed by atoms with E-state index in [1.807, 2.05) is 13.8 Å². The first-order chi connectivity index (χ1) is 10.3. The molecule has 0 radical (unpaired) electrons. The van der Waals surface area contributed by atoms with E-state index in [4.69, 9.17) is 0 Å². The maximum absolute atomic E-state index is 13.5. The van der Waals surface area contributed by atoms with Gasteiger partial charge in [-0.1, -0.05) is 26.0 Å². The summed E-state index contributed by atoms with van der Waals surface area (Å²) in [5.74, 6) is -0.105. The highest BCUT2D eigenvalue weighted by molar-refractivity contribution is 7.86. The molecule has 1 fully saturated rings. The quantitative estimate of drug-likeness (QED) is 0.868. The van der Waals surface area contributed by atoms with E-state index in [0.29, 0.717) is 31.7 Å². The summed E-state index contributed by atoms with van der Waals surface area (Å²) >= 11 is 0. The number of piperazine rings is 1. The van der Waals surface area contributed by atoms with Gasteiger partial charge in [0.05, 0.1) is 6.04 Å². The molecule has 0 amide bonds. The Balaban J connectivity index is 0.00000264. The van der Waals surface area contributed by atoms with Gasteiger partial charge in [-0.3, -0.25) is 0 Å². The van der Waals surface area contributed by atoms with Crippen molar-refractivity contribution < 1.29 is 12.8 Å². The highest BCUT2D eigenvalue weighted by Crippen LogP contribution is 2.27. The highest BCUT2D eigenvalue weighted by atomic mass is 35.5. The number of hydrogen-bond acceptors (Lipinski definition) is 3. The minimum Gasteiger partial charge on any atom is -0.313 e. The van der Waals surface area contributed by atoms with Crippen molar-refractivity contribution >= 4 is 22.6 Å². The SMILES string of the molecule is CC(C)CN(C)S(=O)(=O)N1CCNCC1c1cccc(F)c1.Cl. The van der Waals surface area contributed by atoms with E-state index < -0.39 is 10.2 Å². The first-order valence-corrected chi connectivity index (χ1v) is 8.91. The summed E-state index contributed by atoms with van der Waals surface area (Å²) in [5, 5.41) is 3.19. The molecule has 2 rings (SSSR count). The molecule has 0 bridgehead atoms. The molecular formula is C15H25ClFN3O2S. The van der Waals surface area contributed by atoms with E-state index in [-0.39, 0.29) is 30.2 Å². The van der Waals surface area contributed by atoms with Crippen molar-refractivity contribution in [3.8, 4) is 0 Å². The van der Waals surface area contributed by atoms with Crippen molar-refractivity contribution in [3.63, 3.8) is 0 Å². The lowest BCUT2D eigenvalue weighted by Gasteiger charge is -2.38. The van der Waals surface area contributed by atoms with E-state index in [1.165, 1.54) is 20.7 Å². The minimum absolute atomic E-state index is 0. The zero-order valence-electron chi connectivity index (χ0n) is 13.7. The molecule has 5 nitrogen and oxygen atoms in total. The largest absolute Gasteiger partial charge is 0.313 e. The Morgan fingerprint density at radius 3 is 2.74 bits per heavy atom. The summed E-state index contributed by atoms with van der Waals surface area (Å²) in [6.45, 7) is 5.88. The highest BCUT2D eigenvalue weighted by Gasteiger charge is 2.36. The zero-order chi connectivity index (χ0) is 16.3. The van der Waals surface area contributed by atoms with E-state index >= 15 is 0 Å². The van der Waals surface area contributed by atoms with Crippen LogP contribution in [-0.2, 0) is 10.2 Å². The maximum Gasteiger partial charge on any atom is 0.282 e. The lowest BCUT2D eigenvalue weighted by atomic mass is 10.1. The van der Waals surface area contributed by atoms with Gasteiger partial charge in [0.1, 0.15) is 5.82 Å². The van der Waals surface area contributed by atoms with E-state index in [0.717, 1.165) is 0 Å². The third kappa shape index (κ3) is 4.87. The first kappa shape index (κ1) is 20.3. The molecule has 1 saturated heterocycles. The molecule has 1 aromatic carbocycles. The van der Waals surface area contributed by atoms with Crippen LogP contribution in [0, 0.1) is 11.7 Å². The maximum atomic E-state index is 13.5. The molecule has 132 valence electrons. The van der Waals surface area contributed by atoms with E-state index in [9.17, 15) is 12.8 Å². The number of nitrogens with one attached hydrogen (secondary N) is 1. The summed E-state index contributed by atoms with van der Waals surface area (Å²) in [4.78, 5) is 0. The van der Waals surface area contributed by atoms with Gasteiger partial charge in [-0.15, -0.1) is 12.4 Å². The summed E-state index contributed by atoms with van der Waals surface area (Å²) < 4.78 is 42.0. The number of benzene rings is 1. The molecule has 1 atom stereocenters. The predicted molar refractivity (Wildman–Crippen MR) is 92.4 cm³/mol. The van der Waals surface area contributed by atoms with Crippen molar-refractivity contribution in [1.82, 2.24) is 13.9 Å². The first-order valence-electron chi connectivity index (χ1n) is 7.51. The van der Waals surface area contributed by atoms with Gasteiger partial charge in [0.2, 0.25) is 0 Å². The average Bonchev–Trinajstić information content (AvgIpc) is 2.46. The number of nitrogens with zero attached hydrogens (tertiary/aromatic N) is 2. The molecule has 1 aliphatic rings. The molecule has 1 aliphatic heterocycles. The third-order valence-corrected chi connectivity index (χ3v) is 5.71. The van der Waals surface area contributed by atoms with Crippen molar-refractivity contribution in [1.29, 1.82) is 0 Å².